The molecule has 0 aliphatic carbocycles. The first-order valence-corrected chi connectivity index (χ1v) is 5.57. The van der Waals surface area contributed by atoms with Crippen LogP contribution in [0.5, 0.6) is 0 Å². The van der Waals surface area contributed by atoms with Crippen molar-refractivity contribution in [2.24, 2.45) is 7.05 Å². The van der Waals surface area contributed by atoms with Crippen molar-refractivity contribution in [1.82, 2.24) is 9.13 Å². The molecule has 16 heavy (non-hydrogen) atoms. The molecule has 0 fully saturated rings. The van der Waals surface area contributed by atoms with Gasteiger partial charge in [-0.05, 0) is 39.0 Å². The fraction of sp³-hybridized carbons (Fsp3) is 0.417. The number of aryl methyl sites for hydroxylation is 1. The largest absolute Gasteiger partial charge is 0.329 e. The molecule has 1 aromatic carbocycles. The van der Waals surface area contributed by atoms with Crippen molar-refractivity contribution in [2.45, 2.75) is 26.3 Å². The van der Waals surface area contributed by atoms with E-state index in [1.807, 2.05) is 39.0 Å². The van der Waals surface area contributed by atoms with Gasteiger partial charge in [0.1, 0.15) is 0 Å². The summed E-state index contributed by atoms with van der Waals surface area (Å²) < 4.78 is 3.42. The molecule has 0 saturated heterocycles. The van der Waals surface area contributed by atoms with Crippen molar-refractivity contribution in [3.63, 3.8) is 0 Å². The monoisotopic (exact) mass is 238 g/mol. The van der Waals surface area contributed by atoms with Gasteiger partial charge in [0, 0.05) is 17.6 Å². The normalized spacial score (nSPS) is 12.3. The van der Waals surface area contributed by atoms with Gasteiger partial charge in [0.05, 0.1) is 11.0 Å². The molecular weight excluding hydrogens is 224 g/mol. The Kier molecular flexibility index (Phi) is 2.39. The highest BCUT2D eigenvalue weighted by Gasteiger charge is 2.21. The van der Waals surface area contributed by atoms with Crippen LogP contribution in [0.3, 0.4) is 0 Å². The number of nitrogens with zero attached hydrogens (tertiary/aromatic N) is 2. The minimum Gasteiger partial charge on any atom is -0.295 e. The Morgan fingerprint density at radius 3 is 2.38 bits per heavy atom. The zero-order chi connectivity index (χ0) is 12.1. The van der Waals surface area contributed by atoms with Crippen molar-refractivity contribution in [1.29, 1.82) is 0 Å². The molecule has 0 aliphatic heterocycles. The van der Waals surface area contributed by atoms with Crippen LogP contribution in [0.4, 0.5) is 0 Å². The minimum atomic E-state index is -0.232. The number of rotatable bonds is 0. The highest BCUT2D eigenvalue weighted by Crippen LogP contribution is 2.23. The smallest absolute Gasteiger partial charge is 0.295 e. The number of hydrogen-bond acceptors (Lipinski definition) is 1. The van der Waals surface area contributed by atoms with E-state index in [-0.39, 0.29) is 11.2 Å². The number of halogens is 1. The molecule has 2 rings (SSSR count). The lowest BCUT2D eigenvalue weighted by Crippen LogP contribution is -2.34. The van der Waals surface area contributed by atoms with Gasteiger partial charge in [-0.15, -0.1) is 0 Å². The summed E-state index contributed by atoms with van der Waals surface area (Å²) in [6.45, 7) is 6.05. The van der Waals surface area contributed by atoms with Crippen LogP contribution in [0.25, 0.3) is 11.0 Å². The number of aromatic nitrogens is 2. The highest BCUT2D eigenvalue weighted by atomic mass is 35.5. The van der Waals surface area contributed by atoms with Crippen LogP contribution in [0, 0.1) is 0 Å². The summed E-state index contributed by atoms with van der Waals surface area (Å²) in [7, 11) is 1.77. The van der Waals surface area contributed by atoms with Gasteiger partial charge in [-0.1, -0.05) is 11.6 Å². The summed E-state index contributed by atoms with van der Waals surface area (Å²) in [6, 6.07) is 5.52. The molecule has 0 bridgehead atoms. The van der Waals surface area contributed by atoms with E-state index >= 15 is 0 Å². The SMILES string of the molecule is Cn1c(=O)n(C(C)(C)C)c2ccc(Cl)cc21. The van der Waals surface area contributed by atoms with Crippen LogP contribution in [0.15, 0.2) is 23.0 Å². The van der Waals surface area contributed by atoms with E-state index in [4.69, 9.17) is 11.6 Å². The van der Waals surface area contributed by atoms with Crippen molar-refractivity contribution >= 4 is 22.6 Å². The second-order valence-corrected chi connectivity index (χ2v) is 5.42. The number of fused-ring (bicyclic) bond motifs is 1. The van der Waals surface area contributed by atoms with Crippen molar-refractivity contribution in [3.8, 4) is 0 Å². The molecular formula is C12H15ClN2O. The summed E-state index contributed by atoms with van der Waals surface area (Å²) in [6.07, 6.45) is 0. The highest BCUT2D eigenvalue weighted by molar-refractivity contribution is 6.31. The minimum absolute atomic E-state index is 0.00948. The predicted molar refractivity (Wildman–Crippen MR) is 67.2 cm³/mol. The quantitative estimate of drug-likeness (QED) is 0.693. The van der Waals surface area contributed by atoms with Crippen LogP contribution in [-0.2, 0) is 12.6 Å². The third-order valence-corrected chi connectivity index (χ3v) is 2.92. The molecule has 86 valence electrons. The van der Waals surface area contributed by atoms with Crippen LogP contribution in [0.2, 0.25) is 5.02 Å². The van der Waals surface area contributed by atoms with E-state index in [0.29, 0.717) is 5.02 Å². The first-order valence-electron chi connectivity index (χ1n) is 5.20. The van der Waals surface area contributed by atoms with Gasteiger partial charge in [0.25, 0.3) is 0 Å². The maximum Gasteiger partial charge on any atom is 0.329 e. The third kappa shape index (κ3) is 1.55. The molecule has 0 N–H and O–H groups in total. The van der Waals surface area contributed by atoms with Gasteiger partial charge in [-0.2, -0.15) is 0 Å². The molecule has 0 spiro atoms. The van der Waals surface area contributed by atoms with Crippen molar-refractivity contribution < 1.29 is 0 Å². The van der Waals surface area contributed by atoms with Gasteiger partial charge in [0.2, 0.25) is 0 Å². The molecule has 4 heteroatoms. The standard InChI is InChI=1S/C12H15ClN2O/c1-12(2,3)15-9-6-5-8(13)7-10(9)14(4)11(15)16/h5-7H,1-4H3. The van der Waals surface area contributed by atoms with Gasteiger partial charge in [0.15, 0.2) is 0 Å². The van der Waals surface area contributed by atoms with E-state index < -0.39 is 0 Å². The fourth-order valence-corrected chi connectivity index (χ4v) is 2.13. The average Bonchev–Trinajstić information content (AvgIpc) is 2.40. The van der Waals surface area contributed by atoms with E-state index in [1.165, 1.54) is 0 Å². The zero-order valence-electron chi connectivity index (χ0n) is 9.91. The molecule has 3 nitrogen and oxygen atoms in total. The Labute approximate surface area is 99.3 Å². The van der Waals surface area contributed by atoms with E-state index in [1.54, 1.807) is 16.2 Å². The summed E-state index contributed by atoms with van der Waals surface area (Å²) in [5, 5.41) is 0.647. The molecule has 1 aromatic heterocycles. The summed E-state index contributed by atoms with van der Waals surface area (Å²) in [5.74, 6) is 0. The molecule has 0 amide bonds. The Morgan fingerprint density at radius 1 is 1.19 bits per heavy atom. The lowest BCUT2D eigenvalue weighted by Gasteiger charge is -2.20. The molecule has 0 saturated carbocycles. The molecule has 0 atom stereocenters. The summed E-state index contributed by atoms with van der Waals surface area (Å²) in [5.41, 5.74) is 1.55. The van der Waals surface area contributed by atoms with E-state index in [2.05, 4.69) is 0 Å². The Bertz CT molecular complexity index is 602. The van der Waals surface area contributed by atoms with E-state index in [9.17, 15) is 4.79 Å². The summed E-state index contributed by atoms with van der Waals surface area (Å²) in [4.78, 5) is 12.1. The second kappa shape index (κ2) is 3.39. The zero-order valence-corrected chi connectivity index (χ0v) is 10.7. The first kappa shape index (κ1) is 11.3. The van der Waals surface area contributed by atoms with Crippen molar-refractivity contribution in [2.75, 3.05) is 0 Å². The fourth-order valence-electron chi connectivity index (χ4n) is 1.96. The van der Waals surface area contributed by atoms with Crippen LogP contribution in [-0.4, -0.2) is 9.13 Å². The van der Waals surface area contributed by atoms with Crippen LogP contribution < -0.4 is 5.69 Å². The Morgan fingerprint density at radius 2 is 1.81 bits per heavy atom. The number of benzene rings is 1. The Hall–Kier alpha value is -1.22. The van der Waals surface area contributed by atoms with Gasteiger partial charge in [-0.25, -0.2) is 4.79 Å². The Balaban J connectivity index is 2.96. The lowest BCUT2D eigenvalue weighted by atomic mass is 10.1. The maximum atomic E-state index is 12.1. The average molecular weight is 239 g/mol. The van der Waals surface area contributed by atoms with Crippen LogP contribution in [0.1, 0.15) is 20.8 Å². The maximum absolute atomic E-state index is 12.1. The molecule has 0 unspecified atom stereocenters. The van der Waals surface area contributed by atoms with Crippen LogP contribution >= 0.6 is 11.6 Å². The molecule has 2 aromatic rings. The van der Waals surface area contributed by atoms with Gasteiger partial charge >= 0.3 is 5.69 Å². The van der Waals surface area contributed by atoms with Gasteiger partial charge < -0.3 is 0 Å². The number of hydrogen-bond donors (Lipinski definition) is 0. The van der Waals surface area contributed by atoms with Crippen molar-refractivity contribution in [3.05, 3.63) is 33.7 Å². The molecule has 0 aliphatic rings. The first-order chi connectivity index (χ1) is 7.32. The molecule has 0 radical (unpaired) electrons. The van der Waals surface area contributed by atoms with Gasteiger partial charge in [-0.3, -0.25) is 9.13 Å². The molecule has 1 heterocycles. The second-order valence-electron chi connectivity index (χ2n) is 4.98. The lowest BCUT2D eigenvalue weighted by molar-refractivity contribution is 0.392. The van der Waals surface area contributed by atoms with E-state index in [0.717, 1.165) is 11.0 Å². The summed E-state index contributed by atoms with van der Waals surface area (Å²) >= 11 is 5.94. The predicted octanol–water partition coefficient (Wildman–Crippen LogP) is 2.75. The third-order valence-electron chi connectivity index (χ3n) is 2.69. The topological polar surface area (TPSA) is 26.9 Å². The number of imidazole rings is 1.